The van der Waals surface area contributed by atoms with E-state index in [1.54, 1.807) is 12.1 Å². The maximum absolute atomic E-state index is 12.2. The first-order chi connectivity index (χ1) is 12.6. The summed E-state index contributed by atoms with van der Waals surface area (Å²) >= 11 is 5.87. The van der Waals surface area contributed by atoms with Crippen LogP contribution in [0.2, 0.25) is 5.02 Å². The molecular weight excluding hydrogens is 350 g/mol. The van der Waals surface area contributed by atoms with E-state index in [0.717, 1.165) is 53.9 Å². The summed E-state index contributed by atoms with van der Waals surface area (Å²) in [6, 6.07) is 11.1. The van der Waals surface area contributed by atoms with Gasteiger partial charge in [0.15, 0.2) is 0 Å². The van der Waals surface area contributed by atoms with E-state index in [0.29, 0.717) is 18.0 Å². The van der Waals surface area contributed by atoms with Gasteiger partial charge in [0.05, 0.1) is 5.69 Å². The minimum Gasteiger partial charge on any atom is -0.334 e. The fourth-order valence-electron chi connectivity index (χ4n) is 3.69. The highest BCUT2D eigenvalue weighted by Crippen LogP contribution is 2.37. The lowest BCUT2D eigenvalue weighted by molar-refractivity contribution is -0.119. The molecule has 2 aromatic rings. The Balaban J connectivity index is 1.46. The normalized spacial score (nSPS) is 15.4. The van der Waals surface area contributed by atoms with E-state index < -0.39 is 0 Å². The zero-order valence-corrected chi connectivity index (χ0v) is 15.1. The first-order valence-electron chi connectivity index (χ1n) is 8.85. The maximum atomic E-state index is 12.2. The van der Waals surface area contributed by atoms with E-state index in [1.165, 1.54) is 0 Å². The third-order valence-electron chi connectivity index (χ3n) is 4.90. The van der Waals surface area contributed by atoms with Crippen LogP contribution >= 0.6 is 11.6 Å². The highest BCUT2D eigenvalue weighted by Gasteiger charge is 2.29. The topological polar surface area (TPSA) is 61.4 Å². The summed E-state index contributed by atoms with van der Waals surface area (Å²) in [6.07, 6.45) is 3.18. The summed E-state index contributed by atoms with van der Waals surface area (Å²) < 4.78 is 0. The maximum Gasteiger partial charge on any atom is 0.319 e. The Kier molecular flexibility index (Phi) is 4.55. The molecule has 3 amide bonds. The molecule has 4 rings (SSSR count). The van der Waals surface area contributed by atoms with Gasteiger partial charge in [0.1, 0.15) is 0 Å². The molecule has 0 unspecified atom stereocenters. The second kappa shape index (κ2) is 7.00. The summed E-state index contributed by atoms with van der Waals surface area (Å²) in [5, 5.41) is 6.45. The Morgan fingerprint density at radius 3 is 2.58 bits per heavy atom. The third kappa shape index (κ3) is 3.40. The standard InChI is InChI=1S/C20H20ClN3O2/c21-16-6-3-13(4-7-16)12-22-20(26)23-17-10-14-2-1-9-24-18(25)8-5-15(11-17)19(14)24/h3-4,6-7,10-11H,1-2,5,8-9,12H2,(H2,22,23,26). The van der Waals surface area contributed by atoms with Gasteiger partial charge in [-0.25, -0.2) is 4.79 Å². The molecular formula is C20H20ClN3O2. The van der Waals surface area contributed by atoms with Crippen molar-refractivity contribution in [2.45, 2.75) is 32.2 Å². The number of amides is 3. The number of carbonyl (C=O) groups excluding carboxylic acids is 2. The molecule has 0 bridgehead atoms. The number of anilines is 2. The lowest BCUT2D eigenvalue weighted by Crippen LogP contribution is -2.39. The van der Waals surface area contributed by atoms with Crippen LogP contribution < -0.4 is 15.5 Å². The average molecular weight is 370 g/mol. The van der Waals surface area contributed by atoms with Gasteiger partial charge in [-0.15, -0.1) is 0 Å². The lowest BCUT2D eigenvalue weighted by atomic mass is 9.91. The number of urea groups is 1. The Morgan fingerprint density at radius 1 is 1.08 bits per heavy atom. The number of benzene rings is 2. The number of rotatable bonds is 3. The first kappa shape index (κ1) is 16.9. The number of nitrogens with one attached hydrogen (secondary N) is 2. The molecule has 0 aliphatic carbocycles. The Bertz CT molecular complexity index is 847. The fourth-order valence-corrected chi connectivity index (χ4v) is 3.81. The number of carbonyl (C=O) groups is 2. The predicted molar refractivity (Wildman–Crippen MR) is 103 cm³/mol. The van der Waals surface area contributed by atoms with Crippen molar-refractivity contribution < 1.29 is 9.59 Å². The molecule has 2 aliphatic rings. The van der Waals surface area contributed by atoms with E-state index in [9.17, 15) is 9.59 Å². The largest absolute Gasteiger partial charge is 0.334 e. The number of hydrogen-bond donors (Lipinski definition) is 2. The molecule has 6 heteroatoms. The van der Waals surface area contributed by atoms with Crippen molar-refractivity contribution >= 4 is 34.9 Å². The molecule has 2 aliphatic heterocycles. The number of aryl methyl sites for hydroxylation is 2. The molecule has 2 aromatic carbocycles. The molecule has 0 radical (unpaired) electrons. The SMILES string of the molecule is O=C(NCc1ccc(Cl)cc1)Nc1cc2c3c(c1)CCC(=O)N3CCC2. The summed E-state index contributed by atoms with van der Waals surface area (Å²) in [5.74, 6) is 0.208. The molecule has 134 valence electrons. The van der Waals surface area contributed by atoms with Crippen LogP contribution in [-0.4, -0.2) is 18.5 Å². The fraction of sp³-hybridized carbons (Fsp3) is 0.300. The first-order valence-corrected chi connectivity index (χ1v) is 9.23. The molecule has 5 nitrogen and oxygen atoms in total. The van der Waals surface area contributed by atoms with Gasteiger partial charge in [-0.2, -0.15) is 0 Å². The predicted octanol–water partition coefficient (Wildman–Crippen LogP) is 3.89. The van der Waals surface area contributed by atoms with Crippen LogP contribution in [0.25, 0.3) is 0 Å². The molecule has 0 fully saturated rings. The highest BCUT2D eigenvalue weighted by atomic mass is 35.5. The summed E-state index contributed by atoms with van der Waals surface area (Å²) in [4.78, 5) is 26.3. The van der Waals surface area contributed by atoms with Gasteiger partial charge in [-0.05, 0) is 60.2 Å². The van der Waals surface area contributed by atoms with Crippen LogP contribution in [0.5, 0.6) is 0 Å². The molecule has 0 aromatic heterocycles. The van der Waals surface area contributed by atoms with E-state index in [-0.39, 0.29) is 11.9 Å². The van der Waals surface area contributed by atoms with Crippen molar-refractivity contribution in [2.75, 3.05) is 16.8 Å². The van der Waals surface area contributed by atoms with Gasteiger partial charge in [0.2, 0.25) is 5.91 Å². The highest BCUT2D eigenvalue weighted by molar-refractivity contribution is 6.30. The molecule has 0 saturated carbocycles. The van der Waals surface area contributed by atoms with Crippen LogP contribution in [0.15, 0.2) is 36.4 Å². The summed E-state index contributed by atoms with van der Waals surface area (Å²) in [5.41, 5.74) is 5.13. The second-order valence-electron chi connectivity index (χ2n) is 6.73. The Labute approximate surface area is 157 Å². The third-order valence-corrected chi connectivity index (χ3v) is 5.15. The second-order valence-corrected chi connectivity index (χ2v) is 7.16. The average Bonchev–Trinajstić information content (AvgIpc) is 2.64. The molecule has 0 atom stereocenters. The van der Waals surface area contributed by atoms with Crippen LogP contribution in [0, 0.1) is 0 Å². The quantitative estimate of drug-likeness (QED) is 0.862. The van der Waals surface area contributed by atoms with Crippen molar-refractivity contribution in [2.24, 2.45) is 0 Å². The van der Waals surface area contributed by atoms with Gasteiger partial charge < -0.3 is 15.5 Å². The van der Waals surface area contributed by atoms with E-state index in [4.69, 9.17) is 11.6 Å². The molecule has 2 heterocycles. The zero-order valence-electron chi connectivity index (χ0n) is 14.3. The molecule has 0 spiro atoms. The Hall–Kier alpha value is -2.53. The van der Waals surface area contributed by atoms with Gasteiger partial charge in [-0.1, -0.05) is 23.7 Å². The number of nitrogens with zero attached hydrogens (tertiary/aromatic N) is 1. The monoisotopic (exact) mass is 369 g/mol. The van der Waals surface area contributed by atoms with Crippen molar-refractivity contribution in [1.29, 1.82) is 0 Å². The molecule has 2 N–H and O–H groups in total. The van der Waals surface area contributed by atoms with Crippen molar-refractivity contribution in [3.8, 4) is 0 Å². The van der Waals surface area contributed by atoms with Crippen LogP contribution in [0.3, 0.4) is 0 Å². The van der Waals surface area contributed by atoms with Gasteiger partial charge in [0.25, 0.3) is 0 Å². The lowest BCUT2D eigenvalue weighted by Gasteiger charge is -2.35. The van der Waals surface area contributed by atoms with Gasteiger partial charge >= 0.3 is 6.03 Å². The van der Waals surface area contributed by atoms with Crippen molar-refractivity contribution in [3.05, 3.63) is 58.1 Å². The van der Waals surface area contributed by atoms with Gasteiger partial charge in [0, 0.05) is 30.2 Å². The van der Waals surface area contributed by atoms with Crippen LogP contribution in [-0.2, 0) is 24.2 Å². The van der Waals surface area contributed by atoms with Crippen molar-refractivity contribution in [3.63, 3.8) is 0 Å². The molecule has 26 heavy (non-hydrogen) atoms. The van der Waals surface area contributed by atoms with E-state index in [2.05, 4.69) is 10.6 Å². The summed E-state index contributed by atoms with van der Waals surface area (Å²) in [7, 11) is 0. The molecule has 0 saturated heterocycles. The van der Waals surface area contributed by atoms with Gasteiger partial charge in [-0.3, -0.25) is 4.79 Å². The Morgan fingerprint density at radius 2 is 1.81 bits per heavy atom. The summed E-state index contributed by atoms with van der Waals surface area (Å²) in [6.45, 7) is 1.23. The van der Waals surface area contributed by atoms with Crippen LogP contribution in [0.4, 0.5) is 16.2 Å². The zero-order chi connectivity index (χ0) is 18.1. The smallest absolute Gasteiger partial charge is 0.319 e. The number of halogens is 1. The number of hydrogen-bond acceptors (Lipinski definition) is 2. The van der Waals surface area contributed by atoms with E-state index in [1.807, 2.05) is 29.2 Å². The van der Waals surface area contributed by atoms with Crippen molar-refractivity contribution in [1.82, 2.24) is 5.32 Å². The van der Waals surface area contributed by atoms with E-state index >= 15 is 0 Å². The minimum atomic E-state index is -0.244. The minimum absolute atomic E-state index is 0.208. The van der Waals surface area contributed by atoms with Crippen LogP contribution in [0.1, 0.15) is 29.5 Å².